The number of nitrogens with two attached hydrogens (primary N) is 1. The van der Waals surface area contributed by atoms with Crippen LogP contribution in [0, 0.1) is 5.21 Å². The van der Waals surface area contributed by atoms with E-state index in [2.05, 4.69) is 12.0 Å². The van der Waals surface area contributed by atoms with Gasteiger partial charge in [-0.25, -0.2) is 0 Å². The van der Waals surface area contributed by atoms with Crippen molar-refractivity contribution in [1.29, 1.82) is 0 Å². The molecule has 0 radical (unpaired) electrons. The maximum atomic E-state index is 10.8. The van der Waals surface area contributed by atoms with Gasteiger partial charge in [0.2, 0.25) is 5.91 Å². The highest BCUT2D eigenvalue weighted by Gasteiger charge is 2.12. The molecule has 0 unspecified atom stereocenters. The summed E-state index contributed by atoms with van der Waals surface area (Å²) < 4.78 is 0. The van der Waals surface area contributed by atoms with Gasteiger partial charge in [-0.3, -0.25) is 14.8 Å². The Labute approximate surface area is 92.9 Å². The lowest BCUT2D eigenvalue weighted by Crippen LogP contribution is -2.32. The summed E-state index contributed by atoms with van der Waals surface area (Å²) in [5.41, 5.74) is 5.18. The summed E-state index contributed by atoms with van der Waals surface area (Å²) in [4.78, 5) is 20.5. The van der Waals surface area contributed by atoms with Crippen LogP contribution in [-0.4, -0.2) is 46.4 Å². The number of rotatable bonds is 5. The summed E-state index contributed by atoms with van der Waals surface area (Å²) >= 11 is 0. The normalized spacial score (nSPS) is 10.6. The second-order valence-electron chi connectivity index (χ2n) is 2.79. The van der Waals surface area contributed by atoms with Crippen molar-refractivity contribution in [3.05, 3.63) is 5.21 Å². The third-order valence-corrected chi connectivity index (χ3v) is 1.37. The van der Waals surface area contributed by atoms with E-state index in [0.29, 0.717) is 6.54 Å². The molecule has 0 aromatic carbocycles. The largest absolute Gasteiger partial charge is 0.480 e. The Morgan fingerprint density at radius 2 is 2.06 bits per heavy atom. The molecule has 0 aliphatic heterocycles. The molecule has 8 heteroatoms. The lowest BCUT2D eigenvalue weighted by atomic mass is 10.1. The Balaban J connectivity index is 0. The maximum absolute atomic E-state index is 10.8. The smallest absolute Gasteiger partial charge is 0.320 e. The van der Waals surface area contributed by atoms with Gasteiger partial charge in [-0.15, -0.1) is 0 Å². The molecule has 0 saturated heterocycles. The molecule has 0 fully saturated rings. The fraction of sp³-hybridized carbons (Fsp3) is 0.625. The fourth-order valence-electron chi connectivity index (χ4n) is 0.696. The molecule has 0 spiro atoms. The third-order valence-electron chi connectivity index (χ3n) is 1.37. The van der Waals surface area contributed by atoms with E-state index in [0.717, 1.165) is 0 Å². The SMILES string of the molecule is C=[N+]([O-])O.CCNC(=O)CC[C@H](N)C(=O)O. The van der Waals surface area contributed by atoms with Crippen molar-refractivity contribution in [2.24, 2.45) is 5.73 Å². The average Bonchev–Trinajstić information content (AvgIpc) is 2.13. The van der Waals surface area contributed by atoms with Gasteiger partial charge < -0.3 is 21.4 Å². The van der Waals surface area contributed by atoms with Crippen LogP contribution < -0.4 is 11.1 Å². The van der Waals surface area contributed by atoms with Crippen molar-refractivity contribution < 1.29 is 24.8 Å². The topological polar surface area (TPSA) is 139 Å². The molecule has 0 aromatic heterocycles. The number of aliphatic carboxylic acids is 1. The number of nitrogens with zero attached hydrogens (tertiary/aromatic N) is 1. The quantitative estimate of drug-likeness (QED) is 0.206. The molecule has 5 N–H and O–H groups in total. The van der Waals surface area contributed by atoms with Crippen LogP contribution in [0.25, 0.3) is 0 Å². The molecular weight excluding hydrogens is 218 g/mol. The van der Waals surface area contributed by atoms with Crippen molar-refractivity contribution >= 4 is 18.6 Å². The van der Waals surface area contributed by atoms with Gasteiger partial charge in [0.1, 0.15) is 6.04 Å². The van der Waals surface area contributed by atoms with Crippen LogP contribution in [0.2, 0.25) is 0 Å². The predicted octanol–water partition coefficient (Wildman–Crippen LogP) is -1.10. The summed E-state index contributed by atoms with van der Waals surface area (Å²) in [6.45, 7) is 4.83. The number of carbonyl (C=O) groups excluding carboxylic acids is 1. The van der Waals surface area contributed by atoms with Gasteiger partial charge in [-0.1, -0.05) is 0 Å². The Morgan fingerprint density at radius 1 is 1.62 bits per heavy atom. The average molecular weight is 235 g/mol. The molecule has 0 saturated carbocycles. The van der Waals surface area contributed by atoms with Gasteiger partial charge in [-0.2, -0.15) is 0 Å². The van der Waals surface area contributed by atoms with E-state index in [1.54, 1.807) is 6.92 Å². The molecule has 94 valence electrons. The van der Waals surface area contributed by atoms with Gasteiger partial charge in [0.15, 0.2) is 6.72 Å². The molecule has 1 atom stereocenters. The first-order valence-electron chi connectivity index (χ1n) is 4.53. The lowest BCUT2D eigenvalue weighted by Gasteiger charge is -2.05. The maximum Gasteiger partial charge on any atom is 0.320 e. The molecular formula is C8H17N3O5. The van der Waals surface area contributed by atoms with Gasteiger partial charge in [-0.05, 0) is 13.3 Å². The second kappa shape index (κ2) is 9.71. The van der Waals surface area contributed by atoms with Crippen LogP contribution in [0.4, 0.5) is 0 Å². The van der Waals surface area contributed by atoms with E-state index in [9.17, 15) is 9.59 Å². The molecule has 8 nitrogen and oxygen atoms in total. The highest BCUT2D eigenvalue weighted by atomic mass is 16.8. The zero-order valence-electron chi connectivity index (χ0n) is 9.05. The van der Waals surface area contributed by atoms with Crippen molar-refractivity contribution in [2.45, 2.75) is 25.8 Å². The molecule has 1 amide bonds. The number of carbonyl (C=O) groups is 2. The van der Waals surface area contributed by atoms with Gasteiger partial charge in [0, 0.05) is 17.9 Å². The number of hydrogen-bond donors (Lipinski definition) is 4. The monoisotopic (exact) mass is 235 g/mol. The first-order chi connectivity index (χ1) is 7.31. The van der Waals surface area contributed by atoms with Crippen molar-refractivity contribution in [3.8, 4) is 0 Å². The number of carboxylic acid groups (broad SMARTS) is 1. The highest BCUT2D eigenvalue weighted by Crippen LogP contribution is 1.93. The minimum absolute atomic E-state index is 0.158. The number of amides is 1. The predicted molar refractivity (Wildman–Crippen MR) is 56.1 cm³/mol. The van der Waals surface area contributed by atoms with E-state index in [4.69, 9.17) is 21.3 Å². The lowest BCUT2D eigenvalue weighted by molar-refractivity contribution is -0.719. The molecule has 16 heavy (non-hydrogen) atoms. The van der Waals surface area contributed by atoms with Crippen LogP contribution in [-0.2, 0) is 9.59 Å². The van der Waals surface area contributed by atoms with E-state index in [-0.39, 0.29) is 18.7 Å². The minimum atomic E-state index is -1.07. The van der Waals surface area contributed by atoms with E-state index in [1.807, 2.05) is 0 Å². The van der Waals surface area contributed by atoms with Crippen LogP contribution in [0.1, 0.15) is 19.8 Å². The van der Waals surface area contributed by atoms with Crippen LogP contribution in [0.3, 0.4) is 0 Å². The summed E-state index contributed by atoms with van der Waals surface area (Å²) in [6.07, 6.45) is 0.350. The first-order valence-corrected chi connectivity index (χ1v) is 4.53. The molecule has 0 aliphatic rings. The zero-order valence-corrected chi connectivity index (χ0v) is 9.05. The second-order valence-corrected chi connectivity index (χ2v) is 2.79. The van der Waals surface area contributed by atoms with Crippen molar-refractivity contribution in [3.63, 3.8) is 0 Å². The van der Waals surface area contributed by atoms with Crippen LogP contribution in [0.15, 0.2) is 0 Å². The molecule has 0 bridgehead atoms. The van der Waals surface area contributed by atoms with E-state index >= 15 is 0 Å². The summed E-state index contributed by atoms with van der Waals surface area (Å²) in [5.74, 6) is -1.23. The standard InChI is InChI=1S/C7H14N2O3.CH3NO2/c1-2-9-6(10)4-3-5(8)7(11)12;1-2(3)4/h5H,2-4,8H2,1H3,(H,9,10)(H,11,12);1H2,(H,3,4)/t5-;/m0./s1. The number of hydrogen-bond acceptors (Lipinski definition) is 5. The summed E-state index contributed by atoms with van der Waals surface area (Å²) in [5, 5.41) is 26.9. The summed E-state index contributed by atoms with van der Waals surface area (Å²) in [7, 11) is 0. The van der Waals surface area contributed by atoms with Gasteiger partial charge in [0.25, 0.3) is 0 Å². The number of nitrogens with one attached hydrogen (secondary N) is 1. The van der Waals surface area contributed by atoms with Crippen molar-refractivity contribution in [2.75, 3.05) is 6.54 Å². The molecule has 0 rings (SSSR count). The first kappa shape index (κ1) is 16.6. The highest BCUT2D eigenvalue weighted by molar-refractivity contribution is 5.78. The Kier molecular flexibility index (Phi) is 10.1. The van der Waals surface area contributed by atoms with Gasteiger partial charge in [0.05, 0.1) is 0 Å². The van der Waals surface area contributed by atoms with Crippen LogP contribution in [0.5, 0.6) is 0 Å². The Bertz CT molecular complexity index is 240. The Hall–Kier alpha value is -1.83. The fourth-order valence-corrected chi connectivity index (χ4v) is 0.696. The minimum Gasteiger partial charge on any atom is -0.480 e. The number of carboxylic acids is 1. The van der Waals surface area contributed by atoms with Crippen LogP contribution >= 0.6 is 0 Å². The van der Waals surface area contributed by atoms with Crippen molar-refractivity contribution in [1.82, 2.24) is 5.32 Å². The Morgan fingerprint density at radius 3 is 2.38 bits per heavy atom. The molecule has 0 aliphatic carbocycles. The molecule has 0 heterocycles. The molecule has 0 aromatic rings. The van der Waals surface area contributed by atoms with E-state index in [1.165, 1.54) is 0 Å². The summed E-state index contributed by atoms with van der Waals surface area (Å²) in [6, 6.07) is -0.937. The van der Waals surface area contributed by atoms with E-state index < -0.39 is 16.9 Å². The zero-order chi connectivity index (χ0) is 13.1. The van der Waals surface area contributed by atoms with Gasteiger partial charge >= 0.3 is 5.97 Å². The third kappa shape index (κ3) is 14.7.